The molecule has 4 aliphatic carbocycles. The Morgan fingerprint density at radius 1 is 1.22 bits per heavy atom. The first kappa shape index (κ1) is 15.4. The summed E-state index contributed by atoms with van der Waals surface area (Å²) in [5, 5.41) is 10.5. The number of rotatable bonds is 0. The molecule has 2 nitrogen and oxygen atoms in total. The van der Waals surface area contributed by atoms with E-state index in [2.05, 4.69) is 32.9 Å². The zero-order valence-electron chi connectivity index (χ0n) is 14.5. The maximum absolute atomic E-state index is 11.9. The van der Waals surface area contributed by atoms with Crippen LogP contribution in [0.4, 0.5) is 0 Å². The average molecular weight is 312 g/mol. The molecule has 0 aromatic heterocycles. The summed E-state index contributed by atoms with van der Waals surface area (Å²) in [7, 11) is 0. The third-order valence-electron chi connectivity index (χ3n) is 7.77. The van der Waals surface area contributed by atoms with Gasteiger partial charge in [0, 0.05) is 5.41 Å². The number of allylic oxidation sites excluding steroid dienone is 6. The second-order valence-corrected chi connectivity index (χ2v) is 8.61. The number of hydrogen-bond donors (Lipinski definition) is 1. The van der Waals surface area contributed by atoms with Crippen LogP contribution in [0.25, 0.3) is 0 Å². The molecule has 4 rings (SSSR count). The third kappa shape index (κ3) is 1.94. The summed E-state index contributed by atoms with van der Waals surface area (Å²) in [5.41, 5.74) is 2.72. The van der Waals surface area contributed by atoms with E-state index in [9.17, 15) is 9.90 Å². The van der Waals surface area contributed by atoms with Gasteiger partial charge in [-0.1, -0.05) is 26.0 Å². The Hall–Kier alpha value is -1.15. The van der Waals surface area contributed by atoms with Crippen molar-refractivity contribution in [3.8, 4) is 0 Å². The molecule has 124 valence electrons. The van der Waals surface area contributed by atoms with Crippen molar-refractivity contribution in [1.82, 2.24) is 0 Å². The molecule has 4 aliphatic rings. The largest absolute Gasteiger partial charge is 0.393 e. The molecule has 0 spiro atoms. The van der Waals surface area contributed by atoms with Crippen LogP contribution in [0.3, 0.4) is 0 Å². The summed E-state index contributed by atoms with van der Waals surface area (Å²) in [6.07, 6.45) is 13.4. The molecule has 1 N–H and O–H groups in total. The third-order valence-corrected chi connectivity index (χ3v) is 7.77. The van der Waals surface area contributed by atoms with E-state index in [1.54, 1.807) is 6.08 Å². The minimum atomic E-state index is -0.129. The van der Waals surface area contributed by atoms with Crippen LogP contribution in [-0.4, -0.2) is 17.0 Å². The van der Waals surface area contributed by atoms with Gasteiger partial charge in [0.2, 0.25) is 0 Å². The fourth-order valence-electron chi connectivity index (χ4n) is 6.38. The van der Waals surface area contributed by atoms with Crippen LogP contribution in [0, 0.1) is 28.6 Å². The summed E-state index contributed by atoms with van der Waals surface area (Å²) in [4.78, 5) is 11.9. The van der Waals surface area contributed by atoms with Crippen molar-refractivity contribution in [2.75, 3.05) is 0 Å². The molecule has 0 aliphatic heterocycles. The second kappa shape index (κ2) is 4.92. The average Bonchev–Trinajstić information content (AvgIpc) is 2.83. The highest BCUT2D eigenvalue weighted by atomic mass is 16.3. The van der Waals surface area contributed by atoms with Crippen LogP contribution in [0.5, 0.6) is 0 Å². The van der Waals surface area contributed by atoms with Crippen LogP contribution in [0.15, 0.2) is 35.5 Å². The molecule has 0 amide bonds. The molecule has 6 atom stereocenters. The highest BCUT2D eigenvalue weighted by molar-refractivity contribution is 6.01. The first-order valence-corrected chi connectivity index (χ1v) is 9.19. The Kier molecular flexibility index (Phi) is 3.29. The Bertz CT molecular complexity index is 640. The lowest BCUT2D eigenvalue weighted by Crippen LogP contribution is -2.50. The van der Waals surface area contributed by atoms with Gasteiger partial charge in [-0.3, -0.25) is 4.79 Å². The minimum absolute atomic E-state index is 0.00641. The van der Waals surface area contributed by atoms with Gasteiger partial charge in [0.1, 0.15) is 0 Å². The first-order chi connectivity index (χ1) is 10.9. The summed E-state index contributed by atoms with van der Waals surface area (Å²) < 4.78 is 0. The lowest BCUT2D eigenvalue weighted by atomic mass is 9.47. The number of carbonyl (C=O) groups excluding carboxylic acids is 1. The quantitative estimate of drug-likeness (QED) is 0.727. The van der Waals surface area contributed by atoms with E-state index in [0.717, 1.165) is 32.1 Å². The van der Waals surface area contributed by atoms with Crippen LogP contribution in [0.1, 0.15) is 52.9 Å². The Labute approximate surface area is 139 Å². The minimum Gasteiger partial charge on any atom is -0.393 e. The van der Waals surface area contributed by atoms with Gasteiger partial charge in [0.05, 0.1) is 6.10 Å². The van der Waals surface area contributed by atoms with Crippen molar-refractivity contribution in [1.29, 1.82) is 0 Å². The van der Waals surface area contributed by atoms with Gasteiger partial charge in [0.15, 0.2) is 5.78 Å². The SMILES string of the molecule is CC=C1C[C@H]2[C@@H]3CC[C@H](O)[C@@]3(C)CC[C@@H]2[C@@]2(C)C=CC(=O)C=C12. The van der Waals surface area contributed by atoms with Crippen molar-refractivity contribution in [3.05, 3.63) is 35.5 Å². The second-order valence-electron chi connectivity index (χ2n) is 8.61. The lowest BCUT2D eigenvalue weighted by Gasteiger charge is -2.57. The molecule has 23 heavy (non-hydrogen) atoms. The Balaban J connectivity index is 1.79. The van der Waals surface area contributed by atoms with E-state index in [1.807, 2.05) is 6.08 Å². The highest BCUT2D eigenvalue weighted by Gasteiger charge is 2.58. The van der Waals surface area contributed by atoms with Crippen LogP contribution < -0.4 is 0 Å². The smallest absolute Gasteiger partial charge is 0.178 e. The lowest BCUT2D eigenvalue weighted by molar-refractivity contribution is -0.111. The molecule has 0 unspecified atom stereocenters. The molecule has 3 saturated carbocycles. The summed E-state index contributed by atoms with van der Waals surface area (Å²) in [5.74, 6) is 1.99. The predicted octanol–water partition coefficient (Wildman–Crippen LogP) is 4.21. The zero-order chi connectivity index (χ0) is 16.4. The first-order valence-electron chi connectivity index (χ1n) is 9.19. The molecular formula is C21H28O2. The highest BCUT2D eigenvalue weighted by Crippen LogP contribution is 2.65. The number of hydrogen-bond acceptors (Lipinski definition) is 2. The monoisotopic (exact) mass is 312 g/mol. The number of aliphatic hydroxyl groups excluding tert-OH is 1. The van der Waals surface area contributed by atoms with Gasteiger partial charge >= 0.3 is 0 Å². The van der Waals surface area contributed by atoms with Crippen molar-refractivity contribution < 1.29 is 9.90 Å². The molecule has 0 aromatic carbocycles. The summed E-state index contributed by atoms with van der Waals surface area (Å²) >= 11 is 0. The standard InChI is InChI=1S/C21H28O2/c1-4-13-11-15-16-5-6-19(23)21(16,3)10-8-17(15)20(2)9-7-14(22)12-18(13)20/h4,7,9,12,15-17,19,23H,5-6,8,10-11H2,1-3H3/t15-,16-,17-,19-,20+,21-/m0/s1. The van der Waals surface area contributed by atoms with Crippen molar-refractivity contribution in [2.24, 2.45) is 28.6 Å². The van der Waals surface area contributed by atoms with Crippen LogP contribution in [-0.2, 0) is 4.79 Å². The molecule has 0 saturated heterocycles. The number of aliphatic hydroxyl groups is 1. The molecular weight excluding hydrogens is 284 g/mol. The van der Waals surface area contributed by atoms with Crippen molar-refractivity contribution in [2.45, 2.75) is 59.0 Å². The zero-order valence-corrected chi connectivity index (χ0v) is 14.5. The van der Waals surface area contributed by atoms with Gasteiger partial charge in [-0.05, 0) is 85.5 Å². The fourth-order valence-corrected chi connectivity index (χ4v) is 6.38. The maximum atomic E-state index is 11.9. The molecule has 0 bridgehead atoms. The fraction of sp³-hybridized carbons (Fsp3) is 0.667. The van der Waals surface area contributed by atoms with Crippen LogP contribution in [0.2, 0.25) is 0 Å². The number of fused-ring (bicyclic) bond motifs is 5. The molecule has 0 aromatic rings. The van der Waals surface area contributed by atoms with Gasteiger partial charge in [0.25, 0.3) is 0 Å². The van der Waals surface area contributed by atoms with Gasteiger partial charge in [-0.25, -0.2) is 0 Å². The van der Waals surface area contributed by atoms with E-state index in [4.69, 9.17) is 0 Å². The maximum Gasteiger partial charge on any atom is 0.178 e. The predicted molar refractivity (Wildman–Crippen MR) is 91.8 cm³/mol. The summed E-state index contributed by atoms with van der Waals surface area (Å²) in [6, 6.07) is 0. The molecule has 0 heterocycles. The van der Waals surface area contributed by atoms with E-state index in [0.29, 0.717) is 17.8 Å². The van der Waals surface area contributed by atoms with E-state index < -0.39 is 0 Å². The van der Waals surface area contributed by atoms with E-state index >= 15 is 0 Å². The Morgan fingerprint density at radius 3 is 2.74 bits per heavy atom. The normalized spacial score (nSPS) is 50.3. The molecule has 0 radical (unpaired) electrons. The van der Waals surface area contributed by atoms with E-state index in [1.165, 1.54) is 11.1 Å². The van der Waals surface area contributed by atoms with E-state index in [-0.39, 0.29) is 22.7 Å². The van der Waals surface area contributed by atoms with Gasteiger partial charge in [-0.15, -0.1) is 0 Å². The topological polar surface area (TPSA) is 37.3 Å². The van der Waals surface area contributed by atoms with Crippen molar-refractivity contribution in [3.63, 3.8) is 0 Å². The number of ketones is 1. The molecule has 2 heteroatoms. The summed E-state index contributed by atoms with van der Waals surface area (Å²) in [6.45, 7) is 6.75. The Morgan fingerprint density at radius 2 is 2.00 bits per heavy atom. The molecule has 3 fully saturated rings. The van der Waals surface area contributed by atoms with Crippen molar-refractivity contribution >= 4 is 5.78 Å². The van der Waals surface area contributed by atoms with Gasteiger partial charge < -0.3 is 5.11 Å². The van der Waals surface area contributed by atoms with Gasteiger partial charge in [-0.2, -0.15) is 0 Å². The van der Waals surface area contributed by atoms with Crippen LogP contribution >= 0.6 is 0 Å². The number of carbonyl (C=O) groups is 1.